The first-order valence-electron chi connectivity index (χ1n) is 7.46. The summed E-state index contributed by atoms with van der Waals surface area (Å²) in [4.78, 5) is 12.5. The maximum atomic E-state index is 12.5. The molecule has 0 spiro atoms. The fraction of sp³-hybridized carbons (Fsp3) is 0.250. The Morgan fingerprint density at radius 3 is 2.19 bits per heavy atom. The van der Waals surface area contributed by atoms with E-state index in [2.05, 4.69) is 25.6 Å². The maximum Gasteiger partial charge on any atom is 0.163 e. The average molecular weight is 278 g/mol. The molecular weight excluding hydrogens is 256 g/mol. The Labute approximate surface area is 127 Å². The Bertz CT molecular complexity index is 571. The van der Waals surface area contributed by atoms with E-state index in [4.69, 9.17) is 0 Å². The van der Waals surface area contributed by atoms with Gasteiger partial charge in [0.05, 0.1) is 0 Å². The lowest BCUT2D eigenvalue weighted by molar-refractivity contribution is 0.0965. The number of Topliss-reactive ketones (excluding diaryl/α,β-unsaturated/α-hetero) is 1. The van der Waals surface area contributed by atoms with Crippen molar-refractivity contribution < 1.29 is 4.79 Å². The van der Waals surface area contributed by atoms with Gasteiger partial charge in [-0.15, -0.1) is 6.58 Å². The smallest absolute Gasteiger partial charge is 0.163 e. The highest BCUT2D eigenvalue weighted by molar-refractivity contribution is 5.96. The Morgan fingerprint density at radius 2 is 1.62 bits per heavy atom. The number of hydrogen-bond acceptors (Lipinski definition) is 1. The summed E-state index contributed by atoms with van der Waals surface area (Å²) in [6, 6.07) is 19.9. The molecular formula is C20H22O. The van der Waals surface area contributed by atoms with Gasteiger partial charge in [-0.25, -0.2) is 0 Å². The molecule has 0 fully saturated rings. The number of rotatable bonds is 7. The first-order chi connectivity index (χ1) is 10.2. The van der Waals surface area contributed by atoms with Gasteiger partial charge in [-0.2, -0.15) is 0 Å². The van der Waals surface area contributed by atoms with Gasteiger partial charge in [-0.3, -0.25) is 4.79 Å². The molecule has 0 heterocycles. The molecule has 0 aliphatic heterocycles. The van der Waals surface area contributed by atoms with Gasteiger partial charge in [0.25, 0.3) is 0 Å². The van der Waals surface area contributed by atoms with Crippen LogP contribution in [0.5, 0.6) is 0 Å². The van der Waals surface area contributed by atoms with E-state index < -0.39 is 0 Å². The minimum atomic E-state index is 0.209. The predicted octanol–water partition coefficient (Wildman–Crippen LogP) is 5.26. The zero-order valence-corrected chi connectivity index (χ0v) is 12.5. The molecule has 0 bridgehead atoms. The van der Waals surface area contributed by atoms with Gasteiger partial charge in [-0.05, 0) is 23.8 Å². The van der Waals surface area contributed by atoms with Crippen LogP contribution in [0.2, 0.25) is 0 Å². The minimum Gasteiger partial charge on any atom is -0.294 e. The number of benzene rings is 2. The molecule has 2 atom stereocenters. The standard InChI is InChI=1S/C20H22O/c1-3-10-16(2)19(17-11-6-4-7-12-17)15-20(21)18-13-8-5-9-14-18/h3-9,11-14,16,19H,1,10,15H2,2H3/t16-,19-/m0/s1. The molecule has 1 nitrogen and oxygen atoms in total. The lowest BCUT2D eigenvalue weighted by atomic mass is 9.81. The first-order valence-corrected chi connectivity index (χ1v) is 7.46. The van der Waals surface area contributed by atoms with E-state index in [9.17, 15) is 4.79 Å². The second-order valence-electron chi connectivity index (χ2n) is 5.51. The zero-order chi connectivity index (χ0) is 15.1. The van der Waals surface area contributed by atoms with E-state index in [0.717, 1.165) is 12.0 Å². The number of allylic oxidation sites excluding steroid dienone is 1. The van der Waals surface area contributed by atoms with Gasteiger partial charge in [0, 0.05) is 12.0 Å². The highest BCUT2D eigenvalue weighted by Crippen LogP contribution is 2.31. The van der Waals surface area contributed by atoms with Crippen molar-refractivity contribution >= 4 is 5.78 Å². The summed E-state index contributed by atoms with van der Waals surface area (Å²) in [6.45, 7) is 6.02. The molecule has 1 heteroatoms. The molecule has 0 aliphatic rings. The third-order valence-corrected chi connectivity index (χ3v) is 3.95. The highest BCUT2D eigenvalue weighted by atomic mass is 16.1. The fourth-order valence-electron chi connectivity index (χ4n) is 2.72. The average Bonchev–Trinajstić information content (AvgIpc) is 2.54. The van der Waals surface area contributed by atoms with Gasteiger partial charge in [0.2, 0.25) is 0 Å². The van der Waals surface area contributed by atoms with E-state index in [0.29, 0.717) is 12.3 Å². The predicted molar refractivity (Wildman–Crippen MR) is 88.6 cm³/mol. The van der Waals surface area contributed by atoms with Crippen LogP contribution in [0, 0.1) is 5.92 Å². The number of hydrogen-bond donors (Lipinski definition) is 0. The summed E-state index contributed by atoms with van der Waals surface area (Å²) in [5.74, 6) is 0.842. The second-order valence-corrected chi connectivity index (χ2v) is 5.51. The monoisotopic (exact) mass is 278 g/mol. The second kappa shape index (κ2) is 7.58. The molecule has 2 rings (SSSR count). The van der Waals surface area contributed by atoms with Crippen LogP contribution in [0.1, 0.15) is 41.6 Å². The zero-order valence-electron chi connectivity index (χ0n) is 12.5. The van der Waals surface area contributed by atoms with Crippen molar-refractivity contribution in [3.05, 3.63) is 84.4 Å². The van der Waals surface area contributed by atoms with Gasteiger partial charge in [0.1, 0.15) is 0 Å². The SMILES string of the molecule is C=CC[C@H](C)[C@H](CC(=O)c1ccccc1)c1ccccc1. The first kappa shape index (κ1) is 15.2. The Hall–Kier alpha value is -2.15. The molecule has 0 aliphatic carbocycles. The van der Waals surface area contributed by atoms with Crippen LogP contribution in [-0.2, 0) is 0 Å². The van der Waals surface area contributed by atoms with Crippen LogP contribution in [0.3, 0.4) is 0 Å². The molecule has 0 radical (unpaired) electrons. The summed E-state index contributed by atoms with van der Waals surface area (Å²) >= 11 is 0. The largest absolute Gasteiger partial charge is 0.294 e. The molecule has 108 valence electrons. The summed E-state index contributed by atoms with van der Waals surface area (Å²) in [7, 11) is 0. The van der Waals surface area contributed by atoms with Crippen LogP contribution in [0.4, 0.5) is 0 Å². The van der Waals surface area contributed by atoms with Crippen molar-refractivity contribution in [2.45, 2.75) is 25.7 Å². The molecule has 0 aromatic heterocycles. The normalized spacial score (nSPS) is 13.4. The topological polar surface area (TPSA) is 17.1 Å². The van der Waals surface area contributed by atoms with E-state index in [1.54, 1.807) is 0 Å². The third kappa shape index (κ3) is 4.16. The van der Waals surface area contributed by atoms with Crippen LogP contribution in [0.25, 0.3) is 0 Å². The lowest BCUT2D eigenvalue weighted by Gasteiger charge is -2.23. The van der Waals surface area contributed by atoms with Crippen molar-refractivity contribution in [3.63, 3.8) is 0 Å². The van der Waals surface area contributed by atoms with E-state index in [1.807, 2.05) is 54.6 Å². The van der Waals surface area contributed by atoms with Crippen LogP contribution < -0.4 is 0 Å². The van der Waals surface area contributed by atoms with Crippen LogP contribution in [-0.4, -0.2) is 5.78 Å². The van der Waals surface area contributed by atoms with Gasteiger partial charge in [-0.1, -0.05) is 73.7 Å². The summed E-state index contributed by atoms with van der Waals surface area (Å²) in [5.41, 5.74) is 2.03. The summed E-state index contributed by atoms with van der Waals surface area (Å²) < 4.78 is 0. The molecule has 0 saturated carbocycles. The fourth-order valence-corrected chi connectivity index (χ4v) is 2.72. The Kier molecular flexibility index (Phi) is 5.51. The van der Waals surface area contributed by atoms with Gasteiger partial charge in [0.15, 0.2) is 5.78 Å². The maximum absolute atomic E-state index is 12.5. The number of ketones is 1. The van der Waals surface area contributed by atoms with Crippen LogP contribution in [0.15, 0.2) is 73.3 Å². The highest BCUT2D eigenvalue weighted by Gasteiger charge is 2.22. The molecule has 2 aromatic carbocycles. The van der Waals surface area contributed by atoms with Crippen LogP contribution >= 0.6 is 0 Å². The van der Waals surface area contributed by atoms with Crippen molar-refractivity contribution in [1.82, 2.24) is 0 Å². The minimum absolute atomic E-state index is 0.209. The van der Waals surface area contributed by atoms with Crippen molar-refractivity contribution in [3.8, 4) is 0 Å². The number of carbonyl (C=O) groups excluding carboxylic acids is 1. The van der Waals surface area contributed by atoms with Crippen molar-refractivity contribution in [2.75, 3.05) is 0 Å². The lowest BCUT2D eigenvalue weighted by Crippen LogP contribution is -2.14. The molecule has 0 unspecified atom stereocenters. The van der Waals surface area contributed by atoms with Crippen molar-refractivity contribution in [1.29, 1.82) is 0 Å². The number of carbonyl (C=O) groups is 1. The summed E-state index contributed by atoms with van der Waals surface area (Å²) in [6.07, 6.45) is 3.40. The van der Waals surface area contributed by atoms with E-state index >= 15 is 0 Å². The molecule has 21 heavy (non-hydrogen) atoms. The molecule has 0 saturated heterocycles. The van der Waals surface area contributed by atoms with Crippen molar-refractivity contribution in [2.24, 2.45) is 5.92 Å². The Morgan fingerprint density at radius 1 is 1.05 bits per heavy atom. The molecule has 0 amide bonds. The Balaban J connectivity index is 2.20. The third-order valence-electron chi connectivity index (χ3n) is 3.95. The van der Waals surface area contributed by atoms with E-state index in [1.165, 1.54) is 5.56 Å². The molecule has 2 aromatic rings. The van der Waals surface area contributed by atoms with E-state index in [-0.39, 0.29) is 11.7 Å². The summed E-state index contributed by atoms with van der Waals surface area (Å²) in [5, 5.41) is 0. The molecule has 0 N–H and O–H groups in total. The quantitative estimate of drug-likeness (QED) is 0.499. The van der Waals surface area contributed by atoms with Gasteiger partial charge >= 0.3 is 0 Å². The van der Waals surface area contributed by atoms with Gasteiger partial charge < -0.3 is 0 Å².